The normalized spacial score (nSPS) is 15.9. The topological polar surface area (TPSA) is 171 Å². The highest BCUT2D eigenvalue weighted by atomic mass is 32.2. The highest BCUT2D eigenvalue weighted by Crippen LogP contribution is 2.28. The fraction of sp³-hybridized carbons (Fsp3) is 0.261. The Morgan fingerprint density at radius 3 is 2.81 bits per heavy atom. The van der Waals surface area contributed by atoms with Gasteiger partial charge < -0.3 is 20.6 Å². The third kappa shape index (κ3) is 7.09. The van der Waals surface area contributed by atoms with Crippen molar-refractivity contribution in [1.82, 2.24) is 10.3 Å². The van der Waals surface area contributed by atoms with Gasteiger partial charge in [-0.15, -0.1) is 0 Å². The largest absolute Gasteiger partial charge is 0.511 e. The number of nitriles is 1. The third-order valence-corrected chi connectivity index (χ3v) is 5.96. The Labute approximate surface area is 206 Å². The number of pyridine rings is 1. The van der Waals surface area contributed by atoms with Gasteiger partial charge in [0.2, 0.25) is 0 Å². The Kier molecular flexibility index (Phi) is 8.34. The summed E-state index contributed by atoms with van der Waals surface area (Å²) in [6.07, 6.45) is 4.19. The Hall–Kier alpha value is -4.31. The molecule has 3 N–H and O–H groups in total. The number of aliphatic hydroxyl groups is 1. The average molecular weight is 516 g/mol. The van der Waals surface area contributed by atoms with E-state index in [0.29, 0.717) is 12.0 Å². The molecule has 0 aliphatic carbocycles. The number of amides is 2. The van der Waals surface area contributed by atoms with Crippen molar-refractivity contribution < 1.29 is 32.3 Å². The number of oxime groups is 1. The number of hydrogen-bond donors (Lipinski definition) is 3. The number of anilines is 1. The molecule has 11 nitrogen and oxygen atoms in total. The van der Waals surface area contributed by atoms with E-state index in [1.165, 1.54) is 30.6 Å². The van der Waals surface area contributed by atoms with E-state index in [1.54, 1.807) is 12.1 Å². The van der Waals surface area contributed by atoms with Gasteiger partial charge in [-0.25, -0.2) is 17.8 Å². The molecule has 2 heterocycles. The first kappa shape index (κ1) is 26.3. The van der Waals surface area contributed by atoms with Gasteiger partial charge in [0.25, 0.3) is 11.8 Å². The summed E-state index contributed by atoms with van der Waals surface area (Å²) in [5.74, 6) is -2.93. The van der Waals surface area contributed by atoms with Gasteiger partial charge in [-0.05, 0) is 29.3 Å². The lowest BCUT2D eigenvalue weighted by atomic mass is 9.95. The van der Waals surface area contributed by atoms with Gasteiger partial charge in [-0.1, -0.05) is 17.3 Å². The predicted octanol–water partition coefficient (Wildman–Crippen LogP) is 1.69. The van der Waals surface area contributed by atoms with E-state index in [9.17, 15) is 27.5 Å². The first-order valence-electron chi connectivity index (χ1n) is 10.6. The molecule has 1 atom stereocenters. The zero-order valence-electron chi connectivity index (χ0n) is 19.1. The minimum Gasteiger partial charge on any atom is -0.511 e. The van der Waals surface area contributed by atoms with Crippen LogP contribution in [0.1, 0.15) is 29.2 Å². The summed E-state index contributed by atoms with van der Waals surface area (Å²) in [5, 5.41) is 27.9. The molecule has 0 radical (unpaired) electrons. The van der Waals surface area contributed by atoms with E-state index in [4.69, 9.17) is 10.1 Å². The van der Waals surface area contributed by atoms with Crippen LogP contribution in [-0.4, -0.2) is 55.2 Å². The Morgan fingerprint density at radius 2 is 2.19 bits per heavy atom. The van der Waals surface area contributed by atoms with Gasteiger partial charge in [-0.3, -0.25) is 9.59 Å². The number of carbonyl (C=O) groups is 2. The zero-order valence-corrected chi connectivity index (χ0v) is 19.9. The molecule has 36 heavy (non-hydrogen) atoms. The fourth-order valence-corrected chi connectivity index (χ4v) is 3.59. The molecule has 3 rings (SSSR count). The van der Waals surface area contributed by atoms with Crippen molar-refractivity contribution >= 4 is 33.7 Å². The van der Waals surface area contributed by atoms with Crippen LogP contribution in [-0.2, 0) is 30.7 Å². The summed E-state index contributed by atoms with van der Waals surface area (Å²) in [6.45, 7) is -0.0556. The molecule has 1 aliphatic rings. The highest BCUT2D eigenvalue weighted by molar-refractivity contribution is 7.90. The standard InChI is InChI=1S/C23H22FN5O6S/c1-36(33,34)9-8-35-27-7-6-14-2-5-20(26-13-14)29-23(32)21-19(30)11-18(28-22(21)31)15-3-4-16(12-25)17(24)10-15/h2-5,7,10,13,18,30H,6,8-9,11H2,1H3,(H,28,31)(H,26,29,32)/t18-/m0/s1. The Bertz CT molecular complexity index is 1370. The van der Waals surface area contributed by atoms with Crippen LogP contribution in [0.3, 0.4) is 0 Å². The van der Waals surface area contributed by atoms with Crippen LogP contribution in [0.5, 0.6) is 0 Å². The number of nitrogens with one attached hydrogen (secondary N) is 2. The quantitative estimate of drug-likeness (QED) is 0.196. The van der Waals surface area contributed by atoms with Crippen LogP contribution >= 0.6 is 0 Å². The van der Waals surface area contributed by atoms with Crippen molar-refractivity contribution in [1.29, 1.82) is 5.26 Å². The second-order valence-electron chi connectivity index (χ2n) is 7.86. The molecule has 0 bridgehead atoms. The summed E-state index contributed by atoms with van der Waals surface area (Å²) >= 11 is 0. The minimum atomic E-state index is -3.12. The van der Waals surface area contributed by atoms with E-state index in [0.717, 1.165) is 17.9 Å². The highest BCUT2D eigenvalue weighted by Gasteiger charge is 2.32. The maximum absolute atomic E-state index is 13.9. The van der Waals surface area contributed by atoms with Crippen LogP contribution in [0.15, 0.2) is 53.0 Å². The molecule has 2 aromatic rings. The molecule has 1 aromatic carbocycles. The van der Waals surface area contributed by atoms with Gasteiger partial charge in [0.15, 0.2) is 9.84 Å². The van der Waals surface area contributed by atoms with Crippen molar-refractivity contribution in [3.63, 3.8) is 0 Å². The average Bonchev–Trinajstić information content (AvgIpc) is 2.81. The van der Waals surface area contributed by atoms with E-state index < -0.39 is 44.8 Å². The fourth-order valence-electron chi connectivity index (χ4n) is 3.22. The second-order valence-corrected chi connectivity index (χ2v) is 10.1. The first-order chi connectivity index (χ1) is 17.1. The lowest BCUT2D eigenvalue weighted by molar-refractivity contribution is -0.123. The van der Waals surface area contributed by atoms with Crippen LogP contribution in [0.4, 0.5) is 10.2 Å². The maximum atomic E-state index is 13.9. The summed E-state index contributed by atoms with van der Waals surface area (Å²) in [7, 11) is -3.12. The number of halogens is 1. The smallest absolute Gasteiger partial charge is 0.265 e. The van der Waals surface area contributed by atoms with Crippen molar-refractivity contribution in [3.05, 3.63) is 70.4 Å². The molecule has 2 amide bonds. The van der Waals surface area contributed by atoms with Crippen molar-refractivity contribution in [2.45, 2.75) is 18.9 Å². The van der Waals surface area contributed by atoms with Crippen LogP contribution in [0, 0.1) is 17.1 Å². The van der Waals surface area contributed by atoms with E-state index in [-0.39, 0.29) is 30.2 Å². The lowest BCUT2D eigenvalue weighted by Gasteiger charge is -2.25. The molecule has 188 valence electrons. The molecule has 0 spiro atoms. The van der Waals surface area contributed by atoms with Crippen molar-refractivity contribution in [2.75, 3.05) is 23.9 Å². The number of sulfone groups is 1. The number of benzene rings is 1. The SMILES string of the molecule is CS(=O)(=O)CCON=CCc1ccc(NC(=O)C2=C(O)C[C@@H](c3ccc(C#N)c(F)c3)NC2=O)nc1. The zero-order chi connectivity index (χ0) is 26.3. The van der Waals surface area contributed by atoms with Crippen molar-refractivity contribution in [3.8, 4) is 6.07 Å². The first-order valence-corrected chi connectivity index (χ1v) is 12.6. The summed E-state index contributed by atoms with van der Waals surface area (Å²) in [6, 6.07) is 7.90. The maximum Gasteiger partial charge on any atom is 0.265 e. The molecule has 0 fully saturated rings. The molecule has 0 saturated heterocycles. The van der Waals surface area contributed by atoms with Crippen LogP contribution < -0.4 is 10.6 Å². The second kappa shape index (κ2) is 11.4. The molecule has 0 unspecified atom stereocenters. The number of carbonyl (C=O) groups excluding carboxylic acids is 2. The van der Waals surface area contributed by atoms with E-state index in [2.05, 4.69) is 20.8 Å². The van der Waals surface area contributed by atoms with Crippen LogP contribution in [0.25, 0.3) is 0 Å². The Morgan fingerprint density at radius 1 is 1.42 bits per heavy atom. The molecule has 0 saturated carbocycles. The van der Waals surface area contributed by atoms with Gasteiger partial charge in [0.05, 0.1) is 17.4 Å². The van der Waals surface area contributed by atoms with E-state index >= 15 is 0 Å². The van der Waals surface area contributed by atoms with E-state index in [1.807, 2.05) is 0 Å². The summed E-state index contributed by atoms with van der Waals surface area (Å²) < 4.78 is 35.9. The molecule has 1 aromatic heterocycles. The molecule has 13 heteroatoms. The van der Waals surface area contributed by atoms with Gasteiger partial charge >= 0.3 is 0 Å². The molecule has 1 aliphatic heterocycles. The summed E-state index contributed by atoms with van der Waals surface area (Å²) in [5.41, 5.74) is 0.431. The minimum absolute atomic E-state index is 0.0556. The predicted molar refractivity (Wildman–Crippen MR) is 127 cm³/mol. The Balaban J connectivity index is 1.58. The van der Waals surface area contributed by atoms with Gasteiger partial charge in [0.1, 0.15) is 35.6 Å². The molecular weight excluding hydrogens is 493 g/mol. The number of aromatic nitrogens is 1. The number of aliphatic hydroxyl groups excluding tert-OH is 1. The van der Waals surface area contributed by atoms with Crippen molar-refractivity contribution in [2.24, 2.45) is 5.16 Å². The van der Waals surface area contributed by atoms with Crippen LogP contribution in [0.2, 0.25) is 0 Å². The third-order valence-electron chi connectivity index (χ3n) is 5.05. The number of hydrogen-bond acceptors (Lipinski definition) is 9. The summed E-state index contributed by atoms with van der Waals surface area (Å²) in [4.78, 5) is 34.0. The van der Waals surface area contributed by atoms with Gasteiger partial charge in [0, 0.05) is 31.5 Å². The lowest BCUT2D eigenvalue weighted by Crippen LogP contribution is -2.39. The number of nitrogens with zero attached hydrogens (tertiary/aromatic N) is 3. The monoisotopic (exact) mass is 515 g/mol. The molecular formula is C23H22FN5O6S. The van der Waals surface area contributed by atoms with Gasteiger partial charge in [-0.2, -0.15) is 5.26 Å². The number of rotatable bonds is 9.